The second-order valence-corrected chi connectivity index (χ2v) is 11.3. The molecule has 2 aromatic carbocycles. The molecule has 1 aliphatic rings. The Labute approximate surface area is 210 Å². The first-order valence-electron chi connectivity index (χ1n) is 10.3. The van der Waals surface area contributed by atoms with E-state index in [1.165, 1.54) is 49.1 Å². The highest BCUT2D eigenvalue weighted by Crippen LogP contribution is 2.49. The second-order valence-electron chi connectivity index (χ2n) is 8.15. The van der Waals surface area contributed by atoms with Crippen LogP contribution in [-0.2, 0) is 21.7 Å². The van der Waals surface area contributed by atoms with Gasteiger partial charge in [0.2, 0.25) is 0 Å². The summed E-state index contributed by atoms with van der Waals surface area (Å²) in [5.41, 5.74) is 0.907. The van der Waals surface area contributed by atoms with Crippen LogP contribution >= 0.6 is 22.6 Å². The molecule has 11 heteroatoms. The SMILES string of the molecule is COc1ccc(C2CC2[S+](=O)(O)Nc2cc(C)c(=O)n(C)c2Nc2ccc(I)cc2F)cc1F. The molecule has 180 valence electrons. The molecule has 1 aromatic heterocycles. The van der Waals surface area contributed by atoms with E-state index in [0.717, 1.165) is 0 Å². The lowest BCUT2D eigenvalue weighted by molar-refractivity contribution is 0.386. The molecule has 0 amide bonds. The molecule has 0 bridgehead atoms. The van der Waals surface area contributed by atoms with E-state index in [4.69, 9.17) is 4.74 Å². The summed E-state index contributed by atoms with van der Waals surface area (Å²) in [5, 5.41) is 2.21. The van der Waals surface area contributed by atoms with E-state index < -0.39 is 27.3 Å². The van der Waals surface area contributed by atoms with E-state index in [2.05, 4.69) is 10.0 Å². The van der Waals surface area contributed by atoms with Crippen LogP contribution in [-0.4, -0.2) is 21.5 Å². The number of hydrogen-bond acceptors (Lipinski definition) is 4. The van der Waals surface area contributed by atoms with Gasteiger partial charge in [0.25, 0.3) is 5.56 Å². The molecular formula is C23H23F2IN3O4S+. The van der Waals surface area contributed by atoms with Gasteiger partial charge < -0.3 is 10.1 Å². The molecule has 3 atom stereocenters. The highest BCUT2D eigenvalue weighted by molar-refractivity contribution is 14.1. The Hall–Kier alpha value is -2.51. The molecule has 3 unspecified atom stereocenters. The summed E-state index contributed by atoms with van der Waals surface area (Å²) in [6, 6.07) is 10.5. The smallest absolute Gasteiger partial charge is 0.314 e. The van der Waals surface area contributed by atoms with Crippen LogP contribution in [0.5, 0.6) is 5.75 Å². The van der Waals surface area contributed by atoms with E-state index in [1.807, 2.05) is 22.6 Å². The molecule has 4 rings (SSSR count). The normalized spacial score (nSPS) is 18.8. The van der Waals surface area contributed by atoms with Crippen LogP contribution in [0.25, 0.3) is 0 Å². The largest absolute Gasteiger partial charge is 0.494 e. The summed E-state index contributed by atoms with van der Waals surface area (Å²) >= 11 is 1.98. The van der Waals surface area contributed by atoms with Gasteiger partial charge in [-0.25, -0.2) is 8.78 Å². The zero-order valence-electron chi connectivity index (χ0n) is 18.6. The zero-order chi connectivity index (χ0) is 24.8. The number of hydrogen-bond donors (Lipinski definition) is 3. The maximum Gasteiger partial charge on any atom is 0.314 e. The number of pyridine rings is 1. The molecule has 1 heterocycles. The van der Waals surface area contributed by atoms with E-state index in [1.54, 1.807) is 19.1 Å². The van der Waals surface area contributed by atoms with Crippen LogP contribution in [0, 0.1) is 22.1 Å². The van der Waals surface area contributed by atoms with Crippen LogP contribution < -0.4 is 20.3 Å². The van der Waals surface area contributed by atoms with Gasteiger partial charge in [0.1, 0.15) is 17.3 Å². The fourth-order valence-electron chi connectivity index (χ4n) is 3.86. The van der Waals surface area contributed by atoms with Crippen molar-refractivity contribution in [3.8, 4) is 5.75 Å². The summed E-state index contributed by atoms with van der Waals surface area (Å²) in [6.07, 6.45) is 0.382. The number of ether oxygens (including phenoxy) is 1. The quantitative estimate of drug-likeness (QED) is 0.256. The Balaban J connectivity index is 1.63. The van der Waals surface area contributed by atoms with Gasteiger partial charge in [-0.2, -0.15) is 9.27 Å². The molecule has 0 spiro atoms. The third-order valence-electron chi connectivity index (χ3n) is 5.78. The Morgan fingerprint density at radius 1 is 1.15 bits per heavy atom. The average molecular weight is 602 g/mol. The lowest BCUT2D eigenvalue weighted by Gasteiger charge is -2.18. The maximum atomic E-state index is 14.5. The van der Waals surface area contributed by atoms with Crippen molar-refractivity contribution in [2.45, 2.75) is 24.5 Å². The summed E-state index contributed by atoms with van der Waals surface area (Å²) in [7, 11) is -0.789. The minimum Gasteiger partial charge on any atom is -0.494 e. The summed E-state index contributed by atoms with van der Waals surface area (Å²) in [5.74, 6) is -1.14. The third kappa shape index (κ3) is 4.82. The Bertz CT molecular complexity index is 1380. The number of rotatable bonds is 7. The maximum absolute atomic E-state index is 14.5. The van der Waals surface area contributed by atoms with Gasteiger partial charge >= 0.3 is 10.4 Å². The molecule has 7 nitrogen and oxygen atoms in total. The number of aryl methyl sites for hydroxylation is 1. The van der Waals surface area contributed by atoms with Crippen LogP contribution in [0.1, 0.15) is 23.5 Å². The Kier molecular flexibility index (Phi) is 6.71. The molecule has 0 aliphatic heterocycles. The van der Waals surface area contributed by atoms with Crippen molar-refractivity contribution >= 4 is 50.2 Å². The first-order valence-corrected chi connectivity index (χ1v) is 13.0. The Morgan fingerprint density at radius 2 is 1.88 bits per heavy atom. The predicted molar refractivity (Wildman–Crippen MR) is 137 cm³/mol. The number of halogens is 3. The van der Waals surface area contributed by atoms with Crippen molar-refractivity contribution in [3.05, 3.63) is 79.1 Å². The van der Waals surface area contributed by atoms with E-state index in [-0.39, 0.29) is 34.4 Å². The van der Waals surface area contributed by atoms with Crippen molar-refractivity contribution in [1.29, 1.82) is 0 Å². The zero-order valence-corrected chi connectivity index (χ0v) is 21.5. The molecule has 3 N–H and O–H groups in total. The van der Waals surface area contributed by atoms with Crippen LogP contribution in [0.4, 0.5) is 26.0 Å². The third-order valence-corrected chi connectivity index (χ3v) is 8.31. The van der Waals surface area contributed by atoms with Gasteiger partial charge in [-0.3, -0.25) is 9.36 Å². The van der Waals surface area contributed by atoms with Crippen molar-refractivity contribution in [1.82, 2.24) is 4.57 Å². The van der Waals surface area contributed by atoms with Crippen molar-refractivity contribution in [2.75, 3.05) is 17.1 Å². The number of nitrogens with zero attached hydrogens (tertiary/aromatic N) is 1. The fraction of sp³-hybridized carbons (Fsp3) is 0.261. The topological polar surface area (TPSA) is 92.6 Å². The van der Waals surface area contributed by atoms with Gasteiger partial charge in [0, 0.05) is 28.5 Å². The van der Waals surface area contributed by atoms with E-state index >= 15 is 0 Å². The lowest BCUT2D eigenvalue weighted by atomic mass is 10.1. The number of anilines is 3. The van der Waals surface area contributed by atoms with Crippen LogP contribution in [0.2, 0.25) is 0 Å². The first-order chi connectivity index (χ1) is 16.0. The molecule has 0 saturated heterocycles. The lowest BCUT2D eigenvalue weighted by Crippen LogP contribution is -2.29. The van der Waals surface area contributed by atoms with E-state index in [9.17, 15) is 22.3 Å². The minimum absolute atomic E-state index is 0.100. The highest BCUT2D eigenvalue weighted by Gasteiger charge is 2.58. The number of benzene rings is 2. The second kappa shape index (κ2) is 9.27. The fourth-order valence-corrected chi connectivity index (χ4v) is 6.01. The van der Waals surface area contributed by atoms with Gasteiger partial charge in [0.15, 0.2) is 16.8 Å². The molecule has 1 fully saturated rings. The monoisotopic (exact) mass is 602 g/mol. The van der Waals surface area contributed by atoms with E-state index in [0.29, 0.717) is 21.1 Å². The summed E-state index contributed by atoms with van der Waals surface area (Å²) in [4.78, 5) is 12.5. The van der Waals surface area contributed by atoms with Crippen molar-refractivity contribution in [3.63, 3.8) is 0 Å². The van der Waals surface area contributed by atoms with Crippen molar-refractivity contribution in [2.24, 2.45) is 7.05 Å². The summed E-state index contributed by atoms with van der Waals surface area (Å²) in [6.45, 7) is 1.59. The standard InChI is InChI=1S/C23H22F2IN3O4S/c1-12-8-19(22(29(2)23(12)30)27-18-6-5-14(26)10-16(18)24)28-34(31,32)21-11-15(21)13-4-7-20(33-3)17(25)9-13/h4-10,15,21H,11H2,1-3H3,(H2-,27,28,30,31,32)/p+1. The van der Waals surface area contributed by atoms with Crippen LogP contribution in [0.15, 0.2) is 47.3 Å². The highest BCUT2D eigenvalue weighted by atomic mass is 127. The van der Waals surface area contributed by atoms with Gasteiger partial charge in [-0.1, -0.05) is 6.07 Å². The number of methoxy groups -OCH3 is 1. The molecule has 34 heavy (non-hydrogen) atoms. The molecule has 3 aromatic rings. The molecule has 0 radical (unpaired) electrons. The number of aromatic nitrogens is 1. The molecule has 1 saturated carbocycles. The number of nitrogens with one attached hydrogen (secondary N) is 2. The van der Waals surface area contributed by atoms with Crippen LogP contribution in [0.3, 0.4) is 0 Å². The minimum atomic E-state index is -3.65. The molecule has 1 aliphatic carbocycles. The van der Waals surface area contributed by atoms with Crippen molar-refractivity contribution < 1.29 is 22.3 Å². The van der Waals surface area contributed by atoms with Gasteiger partial charge in [-0.15, -0.1) is 0 Å². The first kappa shape index (κ1) is 24.6. The van der Waals surface area contributed by atoms with Gasteiger partial charge in [0.05, 0.1) is 12.8 Å². The summed E-state index contributed by atoms with van der Waals surface area (Å²) < 4.78 is 62.2. The average Bonchev–Trinajstić information content (AvgIpc) is 3.58. The predicted octanol–water partition coefficient (Wildman–Crippen LogP) is 5.18. The van der Waals surface area contributed by atoms with Gasteiger partial charge in [-0.05, 0) is 75.7 Å². The molecular weight excluding hydrogens is 579 g/mol. The Morgan fingerprint density at radius 3 is 2.53 bits per heavy atom.